The predicted molar refractivity (Wildman–Crippen MR) is 57.5 cm³/mol. The van der Waals surface area contributed by atoms with E-state index in [0.717, 1.165) is 37.4 Å². The van der Waals surface area contributed by atoms with Gasteiger partial charge >= 0.3 is 0 Å². The van der Waals surface area contributed by atoms with Crippen LogP contribution < -0.4 is 14.8 Å². The van der Waals surface area contributed by atoms with E-state index in [0.29, 0.717) is 6.79 Å². The Kier molecular flexibility index (Phi) is 2.25. The van der Waals surface area contributed by atoms with Gasteiger partial charge in [-0.05, 0) is 55.6 Å². The fourth-order valence-electron chi connectivity index (χ4n) is 2.24. The van der Waals surface area contributed by atoms with Gasteiger partial charge in [0.1, 0.15) is 0 Å². The fraction of sp³-hybridized carbons (Fsp3) is 0.500. The molecule has 0 fully saturated rings. The van der Waals surface area contributed by atoms with Crippen LogP contribution in [0.15, 0.2) is 12.1 Å². The first-order valence-corrected chi connectivity index (χ1v) is 5.55. The van der Waals surface area contributed by atoms with Crippen LogP contribution in [-0.4, -0.2) is 19.9 Å². The molecular formula is C12H15NO2. The molecule has 0 bridgehead atoms. The van der Waals surface area contributed by atoms with E-state index in [1.807, 2.05) is 0 Å². The first-order valence-electron chi connectivity index (χ1n) is 5.55. The lowest BCUT2D eigenvalue weighted by atomic mass is 9.98. The molecule has 0 spiro atoms. The van der Waals surface area contributed by atoms with Crippen LogP contribution in [0.1, 0.15) is 17.5 Å². The molecule has 1 aromatic rings. The summed E-state index contributed by atoms with van der Waals surface area (Å²) in [4.78, 5) is 0. The minimum Gasteiger partial charge on any atom is -0.454 e. The van der Waals surface area contributed by atoms with Gasteiger partial charge in [-0.3, -0.25) is 0 Å². The first kappa shape index (κ1) is 9.04. The third kappa shape index (κ3) is 1.67. The van der Waals surface area contributed by atoms with Crippen LogP contribution in [0.2, 0.25) is 0 Å². The van der Waals surface area contributed by atoms with E-state index in [2.05, 4.69) is 17.4 Å². The number of rotatable bonds is 0. The second-order valence-corrected chi connectivity index (χ2v) is 4.08. The van der Waals surface area contributed by atoms with Crippen LogP contribution >= 0.6 is 0 Å². The molecule has 15 heavy (non-hydrogen) atoms. The lowest BCUT2D eigenvalue weighted by Crippen LogP contribution is -2.22. The van der Waals surface area contributed by atoms with Crippen molar-refractivity contribution < 1.29 is 9.47 Å². The van der Waals surface area contributed by atoms with Gasteiger partial charge in [-0.2, -0.15) is 0 Å². The normalized spacial score (nSPS) is 19.2. The van der Waals surface area contributed by atoms with Crippen molar-refractivity contribution in [3.05, 3.63) is 23.3 Å². The van der Waals surface area contributed by atoms with Crippen molar-refractivity contribution in [3.8, 4) is 11.5 Å². The second kappa shape index (κ2) is 3.74. The van der Waals surface area contributed by atoms with Gasteiger partial charge in [0.25, 0.3) is 0 Å². The molecule has 0 saturated carbocycles. The minimum atomic E-state index is 0.372. The lowest BCUT2D eigenvalue weighted by Gasteiger charge is -2.15. The Morgan fingerprint density at radius 3 is 2.47 bits per heavy atom. The number of hydrogen-bond donors (Lipinski definition) is 1. The van der Waals surface area contributed by atoms with Crippen LogP contribution in [0.5, 0.6) is 11.5 Å². The van der Waals surface area contributed by atoms with E-state index in [9.17, 15) is 0 Å². The molecule has 1 aromatic carbocycles. The lowest BCUT2D eigenvalue weighted by molar-refractivity contribution is 0.174. The van der Waals surface area contributed by atoms with E-state index in [-0.39, 0.29) is 0 Å². The minimum absolute atomic E-state index is 0.372. The van der Waals surface area contributed by atoms with Crippen molar-refractivity contribution in [2.45, 2.75) is 19.3 Å². The van der Waals surface area contributed by atoms with Crippen molar-refractivity contribution in [3.63, 3.8) is 0 Å². The van der Waals surface area contributed by atoms with Crippen molar-refractivity contribution >= 4 is 0 Å². The highest BCUT2D eigenvalue weighted by Crippen LogP contribution is 2.35. The quantitative estimate of drug-likeness (QED) is 0.696. The van der Waals surface area contributed by atoms with Gasteiger partial charge in [0.05, 0.1) is 0 Å². The molecule has 0 radical (unpaired) electrons. The largest absolute Gasteiger partial charge is 0.454 e. The zero-order chi connectivity index (χ0) is 10.1. The summed E-state index contributed by atoms with van der Waals surface area (Å²) in [5.41, 5.74) is 2.84. The molecule has 0 aromatic heterocycles. The van der Waals surface area contributed by atoms with E-state index in [1.165, 1.54) is 17.5 Å². The number of ether oxygens (including phenoxy) is 2. The number of benzene rings is 1. The fourth-order valence-corrected chi connectivity index (χ4v) is 2.24. The molecule has 2 aliphatic rings. The third-order valence-electron chi connectivity index (χ3n) is 3.07. The van der Waals surface area contributed by atoms with Gasteiger partial charge in [-0.15, -0.1) is 0 Å². The molecule has 0 unspecified atom stereocenters. The molecule has 0 atom stereocenters. The number of aryl methyl sites for hydroxylation is 1. The Balaban J connectivity index is 1.99. The maximum Gasteiger partial charge on any atom is 0.231 e. The van der Waals surface area contributed by atoms with Gasteiger partial charge < -0.3 is 14.8 Å². The summed E-state index contributed by atoms with van der Waals surface area (Å²) in [5.74, 6) is 1.83. The van der Waals surface area contributed by atoms with E-state index in [1.54, 1.807) is 0 Å². The summed E-state index contributed by atoms with van der Waals surface area (Å²) >= 11 is 0. The summed E-state index contributed by atoms with van der Waals surface area (Å²) < 4.78 is 10.8. The van der Waals surface area contributed by atoms with Crippen LogP contribution in [0.25, 0.3) is 0 Å². The molecule has 80 valence electrons. The van der Waals surface area contributed by atoms with E-state index < -0.39 is 0 Å². The highest BCUT2D eigenvalue weighted by atomic mass is 16.7. The van der Waals surface area contributed by atoms with Crippen molar-refractivity contribution in [2.75, 3.05) is 19.9 Å². The van der Waals surface area contributed by atoms with Crippen LogP contribution in [0, 0.1) is 0 Å². The van der Waals surface area contributed by atoms with Crippen molar-refractivity contribution in [1.29, 1.82) is 0 Å². The maximum atomic E-state index is 5.40. The summed E-state index contributed by atoms with van der Waals surface area (Å²) in [6.07, 6.45) is 3.43. The van der Waals surface area contributed by atoms with Gasteiger partial charge in [0.15, 0.2) is 11.5 Å². The third-order valence-corrected chi connectivity index (χ3v) is 3.07. The van der Waals surface area contributed by atoms with E-state index in [4.69, 9.17) is 9.47 Å². The molecular weight excluding hydrogens is 190 g/mol. The van der Waals surface area contributed by atoms with Crippen LogP contribution in [0.4, 0.5) is 0 Å². The smallest absolute Gasteiger partial charge is 0.231 e. The molecule has 0 aliphatic carbocycles. The molecule has 2 heterocycles. The van der Waals surface area contributed by atoms with E-state index >= 15 is 0 Å². The van der Waals surface area contributed by atoms with Crippen LogP contribution in [-0.2, 0) is 12.8 Å². The molecule has 1 N–H and O–H groups in total. The zero-order valence-electron chi connectivity index (χ0n) is 8.71. The first-order chi connectivity index (χ1) is 7.43. The number of hydrogen-bond acceptors (Lipinski definition) is 3. The molecule has 3 heteroatoms. The molecule has 0 amide bonds. The monoisotopic (exact) mass is 205 g/mol. The highest BCUT2D eigenvalue weighted by molar-refractivity contribution is 5.49. The Bertz CT molecular complexity index is 341. The summed E-state index contributed by atoms with van der Waals surface area (Å²) in [6, 6.07) is 4.30. The highest BCUT2D eigenvalue weighted by Gasteiger charge is 2.17. The summed E-state index contributed by atoms with van der Waals surface area (Å²) in [5, 5.41) is 3.42. The average Bonchev–Trinajstić information content (AvgIpc) is 2.64. The molecule has 3 rings (SSSR count). The topological polar surface area (TPSA) is 30.5 Å². The van der Waals surface area contributed by atoms with Crippen LogP contribution in [0.3, 0.4) is 0 Å². The van der Waals surface area contributed by atoms with Gasteiger partial charge in [0.2, 0.25) is 6.79 Å². The molecule has 2 aliphatic heterocycles. The SMILES string of the molecule is c1c2c(cc3c1OCO3)CCNCCC2. The summed E-state index contributed by atoms with van der Waals surface area (Å²) in [6.45, 7) is 2.55. The second-order valence-electron chi connectivity index (χ2n) is 4.08. The van der Waals surface area contributed by atoms with Gasteiger partial charge in [-0.25, -0.2) is 0 Å². The summed E-state index contributed by atoms with van der Waals surface area (Å²) in [7, 11) is 0. The number of nitrogens with one attached hydrogen (secondary N) is 1. The Morgan fingerprint density at radius 1 is 0.933 bits per heavy atom. The van der Waals surface area contributed by atoms with Gasteiger partial charge in [0, 0.05) is 0 Å². The molecule has 0 saturated heterocycles. The maximum absolute atomic E-state index is 5.40. The Labute approximate surface area is 89.4 Å². The Morgan fingerprint density at radius 2 is 1.67 bits per heavy atom. The molecule has 3 nitrogen and oxygen atoms in total. The van der Waals surface area contributed by atoms with Crippen molar-refractivity contribution in [1.82, 2.24) is 5.32 Å². The Hall–Kier alpha value is -1.22. The predicted octanol–water partition coefficient (Wildman–Crippen LogP) is 1.49. The van der Waals surface area contributed by atoms with Gasteiger partial charge in [-0.1, -0.05) is 0 Å². The van der Waals surface area contributed by atoms with Crippen molar-refractivity contribution in [2.24, 2.45) is 0 Å². The number of fused-ring (bicyclic) bond motifs is 2. The standard InChI is InChI=1S/C12H15NO2/c1-2-9-6-11-12(15-8-14-11)7-10(9)3-5-13-4-1/h6-7,13H,1-5,8H2. The average molecular weight is 205 g/mol. The zero-order valence-corrected chi connectivity index (χ0v) is 8.71.